The number of carbonyl (C=O) groups excluding carboxylic acids is 1. The van der Waals surface area contributed by atoms with Crippen molar-refractivity contribution >= 4 is 26.8 Å². The Morgan fingerprint density at radius 1 is 1.14 bits per heavy atom. The lowest BCUT2D eigenvalue weighted by Crippen LogP contribution is -2.12. The van der Waals surface area contributed by atoms with Crippen LogP contribution in [0.1, 0.15) is 17.3 Å². The van der Waals surface area contributed by atoms with Gasteiger partial charge in [0, 0.05) is 23.3 Å². The lowest BCUT2D eigenvalue weighted by atomic mass is 10.2. The number of hydrogen-bond donors (Lipinski definition) is 0. The molecule has 3 aromatic rings. The van der Waals surface area contributed by atoms with E-state index in [1.807, 2.05) is 0 Å². The molecular weight excluding hydrogens is 288 g/mol. The van der Waals surface area contributed by atoms with Gasteiger partial charge in [-0.2, -0.15) is 0 Å². The third-order valence-electron chi connectivity index (χ3n) is 3.20. The van der Waals surface area contributed by atoms with Gasteiger partial charge in [-0.25, -0.2) is 17.4 Å². The van der Waals surface area contributed by atoms with Crippen LogP contribution in [-0.2, 0) is 10.0 Å². The van der Waals surface area contributed by atoms with Gasteiger partial charge in [0.15, 0.2) is 11.4 Å². The Bertz CT molecular complexity index is 928. The van der Waals surface area contributed by atoms with Crippen molar-refractivity contribution in [2.75, 3.05) is 0 Å². The van der Waals surface area contributed by atoms with Crippen LogP contribution in [-0.4, -0.2) is 23.2 Å². The molecule has 0 aliphatic heterocycles. The molecule has 1 aromatic carbocycles. The van der Waals surface area contributed by atoms with Gasteiger partial charge in [-0.1, -0.05) is 18.2 Å². The average Bonchev–Trinajstić information content (AvgIpc) is 2.91. The standard InChI is InChI=1S/C15H12N2O3S/c1-11(18)13-9-12-7-8-17(15(12)16-10-13)21(19,20)14-5-3-2-4-6-14/h2-10H,1H3. The fraction of sp³-hybridized carbons (Fsp3) is 0.0667. The summed E-state index contributed by atoms with van der Waals surface area (Å²) < 4.78 is 26.3. The van der Waals surface area contributed by atoms with Crippen LogP contribution in [0.4, 0.5) is 0 Å². The van der Waals surface area contributed by atoms with Crippen molar-refractivity contribution in [1.82, 2.24) is 8.96 Å². The molecule has 0 N–H and O–H groups in total. The van der Waals surface area contributed by atoms with Gasteiger partial charge in [-0.05, 0) is 31.2 Å². The number of nitrogens with zero attached hydrogens (tertiary/aromatic N) is 2. The Kier molecular flexibility index (Phi) is 3.10. The zero-order chi connectivity index (χ0) is 15.0. The second-order valence-electron chi connectivity index (χ2n) is 4.62. The van der Waals surface area contributed by atoms with Gasteiger partial charge in [0.25, 0.3) is 10.0 Å². The number of Topliss-reactive ketones (excluding diaryl/α,β-unsaturated/α-hetero) is 1. The molecule has 0 aliphatic carbocycles. The number of rotatable bonds is 3. The summed E-state index contributed by atoms with van der Waals surface area (Å²) in [5.74, 6) is -0.108. The topological polar surface area (TPSA) is 69.0 Å². The molecule has 21 heavy (non-hydrogen) atoms. The van der Waals surface area contributed by atoms with Crippen LogP contribution in [0.2, 0.25) is 0 Å². The molecule has 0 radical (unpaired) electrons. The van der Waals surface area contributed by atoms with Crippen molar-refractivity contribution in [3.8, 4) is 0 Å². The first kappa shape index (κ1) is 13.5. The van der Waals surface area contributed by atoms with E-state index in [1.165, 1.54) is 31.5 Å². The number of aromatic nitrogens is 2. The average molecular weight is 300 g/mol. The quantitative estimate of drug-likeness (QED) is 0.697. The van der Waals surface area contributed by atoms with Crippen molar-refractivity contribution in [1.29, 1.82) is 0 Å². The molecule has 0 unspecified atom stereocenters. The first-order valence-electron chi connectivity index (χ1n) is 6.29. The summed E-state index contributed by atoms with van der Waals surface area (Å²) in [6.07, 6.45) is 2.84. The molecule has 2 heterocycles. The zero-order valence-electron chi connectivity index (χ0n) is 11.2. The van der Waals surface area contributed by atoms with Gasteiger partial charge in [0.2, 0.25) is 0 Å². The molecule has 0 aliphatic rings. The largest absolute Gasteiger partial charge is 0.294 e. The molecule has 0 spiro atoms. The predicted octanol–water partition coefficient (Wildman–Crippen LogP) is 2.48. The molecule has 2 aromatic heterocycles. The molecule has 3 rings (SSSR count). The number of hydrogen-bond acceptors (Lipinski definition) is 4. The Hall–Kier alpha value is -2.47. The molecule has 0 atom stereocenters. The summed E-state index contributed by atoms with van der Waals surface area (Å²) in [7, 11) is -3.69. The van der Waals surface area contributed by atoms with Crippen LogP contribution in [0.15, 0.2) is 59.8 Å². The van der Waals surface area contributed by atoms with Crippen molar-refractivity contribution in [3.63, 3.8) is 0 Å². The van der Waals surface area contributed by atoms with Crippen molar-refractivity contribution in [3.05, 3.63) is 60.4 Å². The predicted molar refractivity (Wildman–Crippen MR) is 78.8 cm³/mol. The molecule has 6 heteroatoms. The highest BCUT2D eigenvalue weighted by Gasteiger charge is 2.19. The maximum absolute atomic E-state index is 12.6. The molecule has 0 saturated carbocycles. The van der Waals surface area contributed by atoms with Crippen LogP contribution in [0.3, 0.4) is 0 Å². The smallest absolute Gasteiger partial charge is 0.269 e. The minimum atomic E-state index is -3.69. The Balaban J connectivity index is 2.20. The fourth-order valence-electron chi connectivity index (χ4n) is 2.09. The third-order valence-corrected chi connectivity index (χ3v) is 4.88. The Labute approximate surface area is 121 Å². The van der Waals surface area contributed by atoms with E-state index in [9.17, 15) is 13.2 Å². The summed E-state index contributed by atoms with van der Waals surface area (Å²) in [5.41, 5.74) is 0.765. The first-order chi connectivity index (χ1) is 10.00. The van der Waals surface area contributed by atoms with E-state index in [2.05, 4.69) is 4.98 Å². The van der Waals surface area contributed by atoms with Crippen molar-refractivity contribution in [2.45, 2.75) is 11.8 Å². The third kappa shape index (κ3) is 2.23. The minimum Gasteiger partial charge on any atom is -0.294 e. The van der Waals surface area contributed by atoms with Crippen LogP contribution < -0.4 is 0 Å². The fourth-order valence-corrected chi connectivity index (χ4v) is 3.42. The number of pyridine rings is 1. The maximum Gasteiger partial charge on any atom is 0.269 e. The van der Waals surface area contributed by atoms with E-state index in [0.717, 1.165) is 3.97 Å². The summed E-state index contributed by atoms with van der Waals surface area (Å²) >= 11 is 0. The normalized spacial score (nSPS) is 11.7. The van der Waals surface area contributed by atoms with Gasteiger partial charge < -0.3 is 0 Å². The van der Waals surface area contributed by atoms with E-state index in [1.54, 1.807) is 30.3 Å². The highest BCUT2D eigenvalue weighted by atomic mass is 32.2. The van der Waals surface area contributed by atoms with Crippen molar-refractivity contribution in [2.24, 2.45) is 0 Å². The lowest BCUT2D eigenvalue weighted by molar-refractivity contribution is 0.101. The SMILES string of the molecule is CC(=O)c1cnc2c(ccn2S(=O)(=O)c2ccccc2)c1. The molecule has 106 valence electrons. The number of benzene rings is 1. The first-order valence-corrected chi connectivity index (χ1v) is 7.73. The summed E-state index contributed by atoms with van der Waals surface area (Å²) in [5, 5.41) is 0.613. The summed E-state index contributed by atoms with van der Waals surface area (Å²) in [4.78, 5) is 15.7. The minimum absolute atomic E-state index is 0.108. The summed E-state index contributed by atoms with van der Waals surface area (Å²) in [6, 6.07) is 11.4. The number of fused-ring (bicyclic) bond motifs is 1. The van der Waals surface area contributed by atoms with Crippen LogP contribution in [0, 0.1) is 0 Å². The number of ketones is 1. The monoisotopic (exact) mass is 300 g/mol. The number of carbonyl (C=O) groups is 1. The van der Waals surface area contributed by atoms with Crippen LogP contribution in [0.5, 0.6) is 0 Å². The van der Waals surface area contributed by atoms with Gasteiger partial charge in [-0.3, -0.25) is 4.79 Å². The summed E-state index contributed by atoms with van der Waals surface area (Å²) in [6.45, 7) is 1.44. The van der Waals surface area contributed by atoms with Gasteiger partial charge in [0.05, 0.1) is 4.90 Å². The zero-order valence-corrected chi connectivity index (χ0v) is 12.0. The lowest BCUT2D eigenvalue weighted by Gasteiger charge is -2.06. The molecular formula is C15H12N2O3S. The Morgan fingerprint density at radius 2 is 1.86 bits per heavy atom. The molecule has 0 fully saturated rings. The molecule has 5 nitrogen and oxygen atoms in total. The van der Waals surface area contributed by atoms with Gasteiger partial charge >= 0.3 is 0 Å². The molecule has 0 amide bonds. The Morgan fingerprint density at radius 3 is 2.52 bits per heavy atom. The van der Waals surface area contributed by atoms with Crippen LogP contribution in [0.25, 0.3) is 11.0 Å². The van der Waals surface area contributed by atoms with Gasteiger partial charge in [-0.15, -0.1) is 0 Å². The maximum atomic E-state index is 12.6. The van der Waals surface area contributed by atoms with E-state index >= 15 is 0 Å². The molecule has 0 bridgehead atoms. The highest BCUT2D eigenvalue weighted by Crippen LogP contribution is 2.21. The highest BCUT2D eigenvalue weighted by molar-refractivity contribution is 7.90. The second-order valence-corrected chi connectivity index (χ2v) is 6.44. The van der Waals surface area contributed by atoms with E-state index in [-0.39, 0.29) is 10.7 Å². The second kappa shape index (κ2) is 4.82. The van der Waals surface area contributed by atoms with Gasteiger partial charge in [0.1, 0.15) is 0 Å². The van der Waals surface area contributed by atoms with Crippen LogP contribution >= 0.6 is 0 Å². The van der Waals surface area contributed by atoms with Crippen molar-refractivity contribution < 1.29 is 13.2 Å². The van der Waals surface area contributed by atoms with E-state index in [4.69, 9.17) is 0 Å². The van der Waals surface area contributed by atoms with E-state index in [0.29, 0.717) is 16.6 Å². The molecule has 0 saturated heterocycles. The van der Waals surface area contributed by atoms with E-state index < -0.39 is 10.0 Å².